The summed E-state index contributed by atoms with van der Waals surface area (Å²) in [4.78, 5) is 10.7. The smallest absolute Gasteiger partial charge is 0.293 e. The van der Waals surface area contributed by atoms with Crippen molar-refractivity contribution in [2.45, 2.75) is 13.0 Å². The second-order valence-corrected chi connectivity index (χ2v) is 6.54. The number of anilines is 1. The molecular weight excluding hydrogens is 426 g/mol. The highest BCUT2D eigenvalue weighted by Gasteiger charge is 2.17. The maximum absolute atomic E-state index is 11.1. The fourth-order valence-corrected chi connectivity index (χ4v) is 2.99. The second kappa shape index (κ2) is 6.81. The van der Waals surface area contributed by atoms with Gasteiger partial charge in [-0.25, -0.2) is 0 Å². The Morgan fingerprint density at radius 2 is 1.95 bits per heavy atom. The van der Waals surface area contributed by atoms with Crippen LogP contribution in [0.5, 0.6) is 0 Å². The third-order valence-corrected chi connectivity index (χ3v) is 4.19. The molecule has 0 aromatic heterocycles. The van der Waals surface area contributed by atoms with Crippen molar-refractivity contribution in [3.8, 4) is 0 Å². The summed E-state index contributed by atoms with van der Waals surface area (Å²) in [5, 5.41) is 15.3. The third kappa shape index (κ3) is 3.99. The summed E-state index contributed by atoms with van der Waals surface area (Å²) in [6, 6.07) is 10.0. The van der Waals surface area contributed by atoms with E-state index in [1.165, 1.54) is 6.07 Å². The quantitative estimate of drug-likeness (QED) is 0.381. The van der Waals surface area contributed by atoms with E-state index in [2.05, 4.69) is 5.32 Å². The Balaban J connectivity index is 2.31. The molecule has 0 heterocycles. The molecule has 0 saturated carbocycles. The Kier molecular flexibility index (Phi) is 5.29. The average Bonchev–Trinajstić information content (AvgIpc) is 2.40. The Morgan fingerprint density at radius 1 is 1.24 bits per heavy atom. The van der Waals surface area contributed by atoms with Gasteiger partial charge < -0.3 is 5.32 Å². The van der Waals surface area contributed by atoms with Gasteiger partial charge in [0.1, 0.15) is 5.69 Å². The first-order chi connectivity index (χ1) is 9.88. The van der Waals surface area contributed by atoms with Gasteiger partial charge in [0.05, 0.1) is 11.0 Å². The molecule has 0 aliphatic rings. The van der Waals surface area contributed by atoms with E-state index in [4.69, 9.17) is 23.2 Å². The SMILES string of the molecule is CC(Nc1ccc(I)cc1[N+](=O)[O-])c1ccc(Cl)cc1Cl. The van der Waals surface area contributed by atoms with Crippen molar-refractivity contribution in [1.29, 1.82) is 0 Å². The molecule has 0 amide bonds. The average molecular weight is 437 g/mol. The maximum Gasteiger partial charge on any atom is 0.293 e. The largest absolute Gasteiger partial charge is 0.373 e. The normalized spacial score (nSPS) is 12.0. The fraction of sp³-hybridized carbons (Fsp3) is 0.143. The number of nitrogens with zero attached hydrogens (tertiary/aromatic N) is 1. The summed E-state index contributed by atoms with van der Waals surface area (Å²) >= 11 is 14.1. The molecule has 1 unspecified atom stereocenters. The summed E-state index contributed by atoms with van der Waals surface area (Å²) in [5.74, 6) is 0. The topological polar surface area (TPSA) is 55.2 Å². The Morgan fingerprint density at radius 3 is 2.57 bits per heavy atom. The predicted molar refractivity (Wildman–Crippen MR) is 94.3 cm³/mol. The molecule has 0 bridgehead atoms. The van der Waals surface area contributed by atoms with E-state index in [9.17, 15) is 10.1 Å². The molecule has 0 saturated heterocycles. The van der Waals surface area contributed by atoms with Gasteiger partial charge in [0.2, 0.25) is 0 Å². The molecule has 1 atom stereocenters. The fourth-order valence-electron chi connectivity index (χ4n) is 1.94. The van der Waals surface area contributed by atoms with Crippen LogP contribution in [0.25, 0.3) is 0 Å². The summed E-state index contributed by atoms with van der Waals surface area (Å²) in [5.41, 5.74) is 1.33. The van der Waals surface area contributed by atoms with Gasteiger partial charge in [-0.1, -0.05) is 29.3 Å². The lowest BCUT2D eigenvalue weighted by Gasteiger charge is -2.17. The van der Waals surface area contributed by atoms with E-state index >= 15 is 0 Å². The molecule has 0 aliphatic heterocycles. The minimum Gasteiger partial charge on any atom is -0.373 e. The van der Waals surface area contributed by atoms with E-state index in [-0.39, 0.29) is 11.7 Å². The number of hydrogen-bond acceptors (Lipinski definition) is 3. The number of halogens is 3. The third-order valence-electron chi connectivity index (χ3n) is 2.96. The van der Waals surface area contributed by atoms with Gasteiger partial charge in [0, 0.05) is 19.7 Å². The van der Waals surface area contributed by atoms with E-state index in [0.717, 1.165) is 9.13 Å². The Labute approximate surface area is 145 Å². The van der Waals surface area contributed by atoms with E-state index in [0.29, 0.717) is 15.7 Å². The van der Waals surface area contributed by atoms with Gasteiger partial charge in [-0.15, -0.1) is 0 Å². The highest BCUT2D eigenvalue weighted by Crippen LogP contribution is 2.32. The zero-order valence-electron chi connectivity index (χ0n) is 10.9. The first-order valence-corrected chi connectivity index (χ1v) is 7.87. The Bertz CT molecular complexity index is 695. The summed E-state index contributed by atoms with van der Waals surface area (Å²) < 4.78 is 0.807. The zero-order valence-corrected chi connectivity index (χ0v) is 14.6. The molecule has 2 rings (SSSR count). The van der Waals surface area contributed by atoms with Crippen molar-refractivity contribution in [3.63, 3.8) is 0 Å². The van der Waals surface area contributed by atoms with Crippen LogP contribution < -0.4 is 5.32 Å². The van der Waals surface area contributed by atoms with E-state index in [1.807, 2.05) is 35.6 Å². The summed E-state index contributed by atoms with van der Waals surface area (Å²) in [6.07, 6.45) is 0. The van der Waals surface area contributed by atoms with Crippen LogP contribution in [-0.4, -0.2) is 4.92 Å². The number of nitro groups is 1. The maximum atomic E-state index is 11.1. The van der Waals surface area contributed by atoms with Crippen LogP contribution in [0.15, 0.2) is 36.4 Å². The van der Waals surface area contributed by atoms with Gasteiger partial charge in [-0.3, -0.25) is 10.1 Å². The van der Waals surface area contributed by atoms with Crippen LogP contribution in [0.4, 0.5) is 11.4 Å². The molecule has 0 radical (unpaired) electrons. The van der Waals surface area contributed by atoms with Gasteiger partial charge in [0.25, 0.3) is 5.69 Å². The molecule has 0 spiro atoms. The molecule has 0 fully saturated rings. The van der Waals surface area contributed by atoms with Gasteiger partial charge in [-0.2, -0.15) is 0 Å². The monoisotopic (exact) mass is 436 g/mol. The zero-order chi connectivity index (χ0) is 15.6. The highest BCUT2D eigenvalue weighted by molar-refractivity contribution is 14.1. The molecule has 110 valence electrons. The number of nitrogens with one attached hydrogen (secondary N) is 1. The molecule has 7 heteroatoms. The van der Waals surface area contributed by atoms with Crippen LogP contribution >= 0.6 is 45.8 Å². The van der Waals surface area contributed by atoms with Crippen molar-refractivity contribution < 1.29 is 4.92 Å². The summed E-state index contributed by atoms with van der Waals surface area (Å²) in [7, 11) is 0. The molecule has 4 nitrogen and oxygen atoms in total. The first kappa shape index (κ1) is 16.3. The summed E-state index contributed by atoms with van der Waals surface area (Å²) in [6.45, 7) is 1.89. The van der Waals surface area contributed by atoms with Gasteiger partial charge in [-0.05, 0) is 59.3 Å². The van der Waals surface area contributed by atoms with Crippen LogP contribution in [0.1, 0.15) is 18.5 Å². The van der Waals surface area contributed by atoms with Gasteiger partial charge in [0.15, 0.2) is 0 Å². The molecule has 1 N–H and O–H groups in total. The number of hydrogen-bond donors (Lipinski definition) is 1. The molecule has 2 aromatic carbocycles. The standard InChI is InChI=1S/C14H11Cl2IN2O2/c1-8(11-4-2-9(15)6-12(11)16)18-13-5-3-10(17)7-14(13)19(20)21/h2-8,18H,1H3. The minimum atomic E-state index is -0.402. The van der Waals surface area contributed by atoms with Crippen molar-refractivity contribution in [2.75, 3.05) is 5.32 Å². The first-order valence-electron chi connectivity index (χ1n) is 6.04. The van der Waals surface area contributed by atoms with E-state index in [1.54, 1.807) is 24.3 Å². The van der Waals surface area contributed by atoms with Crippen molar-refractivity contribution in [1.82, 2.24) is 0 Å². The van der Waals surface area contributed by atoms with E-state index < -0.39 is 4.92 Å². The highest BCUT2D eigenvalue weighted by atomic mass is 127. The second-order valence-electron chi connectivity index (χ2n) is 4.45. The van der Waals surface area contributed by atoms with Crippen LogP contribution in [-0.2, 0) is 0 Å². The lowest BCUT2D eigenvalue weighted by molar-refractivity contribution is -0.384. The van der Waals surface area contributed by atoms with Crippen molar-refractivity contribution >= 4 is 57.2 Å². The lowest BCUT2D eigenvalue weighted by Crippen LogP contribution is -2.09. The molecule has 21 heavy (non-hydrogen) atoms. The number of rotatable bonds is 4. The minimum absolute atomic E-state index is 0.0406. The van der Waals surface area contributed by atoms with Crippen molar-refractivity contribution in [3.05, 3.63) is 65.7 Å². The van der Waals surface area contributed by atoms with Crippen LogP contribution in [0.2, 0.25) is 10.0 Å². The Hall–Kier alpha value is -1.05. The van der Waals surface area contributed by atoms with Crippen LogP contribution in [0, 0.1) is 13.7 Å². The molecule has 2 aromatic rings. The van der Waals surface area contributed by atoms with Gasteiger partial charge >= 0.3 is 0 Å². The predicted octanol–water partition coefficient (Wildman–Crippen LogP) is 5.68. The van der Waals surface area contributed by atoms with Crippen molar-refractivity contribution in [2.24, 2.45) is 0 Å². The molecular formula is C14H11Cl2IN2O2. The molecule has 0 aliphatic carbocycles. The number of benzene rings is 2. The number of nitro benzene ring substituents is 1. The lowest BCUT2D eigenvalue weighted by atomic mass is 10.1. The van der Waals surface area contributed by atoms with Crippen LogP contribution in [0.3, 0.4) is 0 Å².